The van der Waals surface area contributed by atoms with Gasteiger partial charge in [-0.2, -0.15) is 0 Å². The number of hydrogen-bond acceptors (Lipinski definition) is 8. The zero-order valence-electron chi connectivity index (χ0n) is 21.2. The molecule has 0 radical (unpaired) electrons. The zero-order chi connectivity index (χ0) is 25.5. The first-order valence-electron chi connectivity index (χ1n) is 12.0. The van der Waals surface area contributed by atoms with Gasteiger partial charge in [-0.15, -0.1) is 0 Å². The first kappa shape index (κ1) is 28.0. The predicted molar refractivity (Wildman–Crippen MR) is 133 cm³/mol. The molecule has 0 bridgehead atoms. The highest BCUT2D eigenvalue weighted by Gasteiger charge is 2.53. The Morgan fingerprint density at radius 2 is 1.91 bits per heavy atom. The number of ether oxygens (including phenoxy) is 3. The van der Waals surface area contributed by atoms with Gasteiger partial charge in [0.05, 0.1) is 13.0 Å². The summed E-state index contributed by atoms with van der Waals surface area (Å²) in [6, 6.07) is -0.772. The van der Waals surface area contributed by atoms with E-state index in [4.69, 9.17) is 32.2 Å². The van der Waals surface area contributed by atoms with E-state index in [-0.39, 0.29) is 23.1 Å². The minimum atomic E-state index is -0.673. The van der Waals surface area contributed by atoms with Crippen LogP contribution >= 0.6 is 12.2 Å². The van der Waals surface area contributed by atoms with E-state index in [0.29, 0.717) is 6.42 Å². The van der Waals surface area contributed by atoms with E-state index in [1.165, 1.54) is 13.4 Å². The Morgan fingerprint density at radius 3 is 2.41 bits per heavy atom. The molecular formula is C24H40N4O5S. The van der Waals surface area contributed by atoms with Gasteiger partial charge >= 0.3 is 12.1 Å². The van der Waals surface area contributed by atoms with Crippen molar-refractivity contribution in [1.29, 1.82) is 0 Å². The fourth-order valence-electron chi connectivity index (χ4n) is 4.84. The summed E-state index contributed by atoms with van der Waals surface area (Å²) in [5, 5.41) is 3.12. The topological polar surface area (TPSA) is 118 Å². The van der Waals surface area contributed by atoms with Crippen molar-refractivity contribution in [2.75, 3.05) is 7.11 Å². The molecule has 1 aromatic heterocycles. The predicted octanol–water partition coefficient (Wildman–Crippen LogP) is 3.65. The van der Waals surface area contributed by atoms with Crippen molar-refractivity contribution in [2.45, 2.75) is 90.5 Å². The molecule has 1 fully saturated rings. The highest BCUT2D eigenvalue weighted by molar-refractivity contribution is 7.80. The van der Waals surface area contributed by atoms with Crippen molar-refractivity contribution in [1.82, 2.24) is 14.9 Å². The molecule has 0 aliphatic heterocycles. The first-order chi connectivity index (χ1) is 16.0. The van der Waals surface area contributed by atoms with E-state index >= 15 is 0 Å². The van der Waals surface area contributed by atoms with Crippen LogP contribution in [0.5, 0.6) is 0 Å². The highest BCUT2D eigenvalue weighted by Crippen LogP contribution is 2.40. The number of hydrogen-bond donors (Lipinski definition) is 2. The minimum Gasteiger partial charge on any atom is -0.469 e. The van der Waals surface area contributed by atoms with E-state index in [9.17, 15) is 9.59 Å². The molecule has 1 unspecified atom stereocenters. The lowest BCUT2D eigenvalue weighted by Crippen LogP contribution is -2.52. The molecule has 1 heterocycles. The minimum absolute atomic E-state index is 0.161. The van der Waals surface area contributed by atoms with Gasteiger partial charge in [-0.3, -0.25) is 9.36 Å². The van der Waals surface area contributed by atoms with Crippen molar-refractivity contribution in [2.24, 2.45) is 23.5 Å². The van der Waals surface area contributed by atoms with Gasteiger partial charge in [0.15, 0.2) is 0 Å². The number of carbonyl (C=O) groups is 2. The molecule has 10 heteroatoms. The third kappa shape index (κ3) is 7.40. The molecule has 1 aromatic rings. The second-order valence-corrected chi connectivity index (χ2v) is 10.3. The number of amides is 1. The summed E-state index contributed by atoms with van der Waals surface area (Å²) in [6.07, 6.45) is 7.72. The smallest absolute Gasteiger partial charge is 0.407 e. The largest absolute Gasteiger partial charge is 0.469 e. The lowest BCUT2D eigenvalue weighted by atomic mass is 9.79. The van der Waals surface area contributed by atoms with Gasteiger partial charge in [-0.05, 0) is 58.2 Å². The molecule has 0 spiro atoms. The van der Waals surface area contributed by atoms with Gasteiger partial charge in [-0.1, -0.05) is 26.7 Å². The standard InChI is InChI=1S/C24H40N4O5S/c1-7-9-15(10-8-2)19(25)18-17(27-22(30)33-24(3,4)5)13-16(21(29)31-6)20(18)32-23(34)28-12-11-26-14-28/h11-12,14-20H,7-10,13,25H2,1-6H3,(H,27,30)/t16-,17+,18+,19?,20+/m0/s1. The average Bonchev–Trinajstić information content (AvgIpc) is 3.40. The quantitative estimate of drug-likeness (QED) is 0.393. The molecule has 1 saturated carbocycles. The van der Waals surface area contributed by atoms with Gasteiger partial charge < -0.3 is 25.3 Å². The van der Waals surface area contributed by atoms with E-state index in [2.05, 4.69) is 24.1 Å². The second kappa shape index (κ2) is 12.5. The number of imidazole rings is 1. The van der Waals surface area contributed by atoms with Crippen LogP contribution in [0.2, 0.25) is 0 Å². The summed E-state index contributed by atoms with van der Waals surface area (Å²) in [4.78, 5) is 29.5. The maximum atomic E-state index is 12.8. The number of nitrogens with one attached hydrogen (secondary N) is 1. The van der Waals surface area contributed by atoms with Crippen molar-refractivity contribution in [3.05, 3.63) is 18.7 Å². The fraction of sp³-hybridized carbons (Fsp3) is 0.750. The molecule has 5 atom stereocenters. The number of nitrogens with zero attached hydrogens (tertiary/aromatic N) is 2. The molecule has 2 rings (SSSR count). The lowest BCUT2D eigenvalue weighted by molar-refractivity contribution is -0.148. The second-order valence-electron chi connectivity index (χ2n) is 9.93. The monoisotopic (exact) mass is 496 g/mol. The fourth-order valence-corrected chi connectivity index (χ4v) is 5.05. The Balaban J connectivity index is 2.42. The Bertz CT molecular complexity index is 805. The molecule has 1 aliphatic rings. The van der Waals surface area contributed by atoms with Gasteiger partial charge in [-0.25, -0.2) is 9.78 Å². The maximum absolute atomic E-state index is 12.8. The summed E-state index contributed by atoms with van der Waals surface area (Å²) in [7, 11) is 1.34. The van der Waals surface area contributed by atoms with Crippen LogP contribution in [0.3, 0.4) is 0 Å². The van der Waals surface area contributed by atoms with Gasteiger partial charge in [0.2, 0.25) is 0 Å². The number of rotatable bonds is 9. The number of alkyl carbamates (subject to hydrolysis) is 1. The van der Waals surface area contributed by atoms with Crippen LogP contribution in [0, 0.1) is 17.8 Å². The molecule has 192 valence electrons. The van der Waals surface area contributed by atoms with Crippen molar-refractivity contribution in [3.8, 4) is 0 Å². The molecule has 9 nitrogen and oxygen atoms in total. The molecule has 0 saturated heterocycles. The van der Waals surface area contributed by atoms with Crippen LogP contribution in [-0.4, -0.2) is 57.7 Å². The van der Waals surface area contributed by atoms with Crippen LogP contribution in [0.1, 0.15) is 66.7 Å². The van der Waals surface area contributed by atoms with Crippen LogP contribution < -0.4 is 11.1 Å². The van der Waals surface area contributed by atoms with E-state index in [0.717, 1.165) is 25.7 Å². The third-order valence-electron chi connectivity index (χ3n) is 6.21. The van der Waals surface area contributed by atoms with Crippen LogP contribution in [-0.2, 0) is 19.0 Å². The number of nitrogens with two attached hydrogens (primary N) is 1. The molecule has 1 aliphatic carbocycles. The van der Waals surface area contributed by atoms with Crippen LogP contribution in [0.25, 0.3) is 0 Å². The summed E-state index contributed by atoms with van der Waals surface area (Å²) in [5.74, 6) is -1.24. The van der Waals surface area contributed by atoms with Gasteiger partial charge in [0.25, 0.3) is 5.17 Å². The Kier molecular flexibility index (Phi) is 10.3. The normalized spacial score (nSPS) is 23.4. The zero-order valence-corrected chi connectivity index (χ0v) is 22.0. The number of esters is 1. The third-order valence-corrected chi connectivity index (χ3v) is 6.52. The number of carbonyl (C=O) groups excluding carboxylic acids is 2. The SMILES string of the molecule is CCCC(CCC)C(N)[C@@H]1[C@H](OC(=S)n2ccnc2)[C@@H](C(=O)OC)C[C@H]1NC(=O)OC(C)(C)C. The average molecular weight is 497 g/mol. The Labute approximate surface area is 208 Å². The number of aromatic nitrogens is 2. The molecule has 0 aromatic carbocycles. The first-order valence-corrected chi connectivity index (χ1v) is 12.4. The molecule has 1 amide bonds. The van der Waals surface area contributed by atoms with Crippen LogP contribution in [0.4, 0.5) is 4.79 Å². The van der Waals surface area contributed by atoms with E-state index < -0.39 is 35.7 Å². The summed E-state index contributed by atoms with van der Waals surface area (Å²) >= 11 is 5.49. The van der Waals surface area contributed by atoms with Crippen molar-refractivity contribution in [3.63, 3.8) is 0 Å². The number of thiocarbonyl (C=S) groups is 1. The highest BCUT2D eigenvalue weighted by atomic mass is 32.1. The van der Waals surface area contributed by atoms with E-state index in [1.54, 1.807) is 37.7 Å². The lowest BCUT2D eigenvalue weighted by Gasteiger charge is -2.36. The van der Waals surface area contributed by atoms with Crippen molar-refractivity contribution < 1.29 is 23.8 Å². The summed E-state index contributed by atoms with van der Waals surface area (Å²) in [6.45, 7) is 9.65. The maximum Gasteiger partial charge on any atom is 0.407 e. The van der Waals surface area contributed by atoms with Gasteiger partial charge in [0.1, 0.15) is 18.0 Å². The van der Waals surface area contributed by atoms with E-state index in [1.807, 2.05) is 0 Å². The van der Waals surface area contributed by atoms with Crippen molar-refractivity contribution >= 4 is 29.5 Å². The van der Waals surface area contributed by atoms with Gasteiger partial charge in [0, 0.05) is 30.4 Å². The Morgan fingerprint density at radius 1 is 1.26 bits per heavy atom. The molecule has 3 N–H and O–H groups in total. The van der Waals surface area contributed by atoms with Crippen LogP contribution in [0.15, 0.2) is 18.7 Å². The number of methoxy groups -OCH3 is 1. The molecule has 34 heavy (non-hydrogen) atoms. The summed E-state index contributed by atoms with van der Waals surface area (Å²) < 4.78 is 18.4. The molecular weight excluding hydrogens is 456 g/mol. The summed E-state index contributed by atoms with van der Waals surface area (Å²) in [5.41, 5.74) is 6.23. The Hall–Kier alpha value is -2.20.